The molecule has 1 aromatic carbocycles. The van der Waals surface area contributed by atoms with Gasteiger partial charge in [0, 0.05) is 57.2 Å². The molecule has 29 heavy (non-hydrogen) atoms. The molecule has 4 rings (SSSR count). The fourth-order valence-corrected chi connectivity index (χ4v) is 4.10. The second-order valence-electron chi connectivity index (χ2n) is 7.57. The smallest absolute Gasteiger partial charge is 0.230 e. The zero-order valence-corrected chi connectivity index (χ0v) is 16.6. The number of rotatable bonds is 4. The van der Waals surface area contributed by atoms with Gasteiger partial charge in [-0.15, -0.1) is 0 Å². The molecule has 2 aromatic rings. The number of aromatic nitrogens is 1. The van der Waals surface area contributed by atoms with Gasteiger partial charge >= 0.3 is 0 Å². The normalized spacial score (nSPS) is 19.8. The summed E-state index contributed by atoms with van der Waals surface area (Å²) in [4.78, 5) is 33.9. The highest BCUT2D eigenvalue weighted by Gasteiger charge is 2.34. The minimum absolute atomic E-state index is 0.0279. The number of benzene rings is 1. The van der Waals surface area contributed by atoms with Gasteiger partial charge in [0.15, 0.2) is 0 Å². The summed E-state index contributed by atoms with van der Waals surface area (Å²) in [7, 11) is 1.60. The lowest BCUT2D eigenvalue weighted by Gasteiger charge is -2.30. The van der Waals surface area contributed by atoms with Gasteiger partial charge in [-0.25, -0.2) is 0 Å². The van der Waals surface area contributed by atoms with Crippen molar-refractivity contribution in [3.05, 3.63) is 53.9 Å². The standard InChI is InChI=1S/C22H26N4O3/c1-29-17-3-4-20-18(13-17)19(14-21(27)24-20)22(28)26-10-2-9-25(11-12-26)15-16-5-7-23-8-6-16/h3-8,13,19H,2,9-12,14-15H2,1H3,(H,24,27). The third kappa shape index (κ3) is 4.40. The summed E-state index contributed by atoms with van der Waals surface area (Å²) < 4.78 is 5.32. The number of fused-ring (bicyclic) bond motifs is 1. The highest BCUT2D eigenvalue weighted by Crippen LogP contribution is 2.36. The van der Waals surface area contributed by atoms with Gasteiger partial charge in [-0.3, -0.25) is 19.5 Å². The Labute approximate surface area is 170 Å². The topological polar surface area (TPSA) is 74.8 Å². The van der Waals surface area contributed by atoms with Crippen molar-refractivity contribution in [3.63, 3.8) is 0 Å². The zero-order valence-electron chi connectivity index (χ0n) is 16.6. The van der Waals surface area contributed by atoms with Gasteiger partial charge in [-0.2, -0.15) is 0 Å². The molecule has 2 amide bonds. The number of ether oxygens (including phenoxy) is 1. The minimum Gasteiger partial charge on any atom is -0.497 e. The molecule has 1 N–H and O–H groups in total. The van der Waals surface area contributed by atoms with Crippen molar-refractivity contribution in [1.82, 2.24) is 14.8 Å². The number of carbonyl (C=O) groups excluding carboxylic acids is 2. The molecule has 1 fully saturated rings. The van der Waals surface area contributed by atoms with Gasteiger partial charge < -0.3 is 15.0 Å². The first-order valence-electron chi connectivity index (χ1n) is 10.0. The number of methoxy groups -OCH3 is 1. The number of nitrogens with one attached hydrogen (secondary N) is 1. The second kappa shape index (κ2) is 8.61. The first-order valence-corrected chi connectivity index (χ1v) is 10.0. The van der Waals surface area contributed by atoms with E-state index in [-0.39, 0.29) is 18.2 Å². The molecule has 0 bridgehead atoms. The van der Waals surface area contributed by atoms with Crippen LogP contribution in [0.2, 0.25) is 0 Å². The third-order valence-corrected chi connectivity index (χ3v) is 5.65. The molecular weight excluding hydrogens is 368 g/mol. The monoisotopic (exact) mass is 394 g/mol. The fraction of sp³-hybridized carbons (Fsp3) is 0.409. The number of amides is 2. The Bertz CT molecular complexity index is 887. The summed E-state index contributed by atoms with van der Waals surface area (Å²) in [6.45, 7) is 4.00. The van der Waals surface area contributed by atoms with Crippen molar-refractivity contribution in [2.45, 2.75) is 25.3 Å². The van der Waals surface area contributed by atoms with Crippen LogP contribution in [0.15, 0.2) is 42.7 Å². The lowest BCUT2D eigenvalue weighted by molar-refractivity contribution is -0.134. The zero-order chi connectivity index (χ0) is 20.2. The first kappa shape index (κ1) is 19.4. The maximum Gasteiger partial charge on any atom is 0.230 e. The molecule has 7 nitrogen and oxygen atoms in total. The van der Waals surface area contributed by atoms with Crippen LogP contribution in [0.25, 0.3) is 0 Å². The molecule has 3 heterocycles. The van der Waals surface area contributed by atoms with E-state index in [0.717, 1.165) is 31.6 Å². The first-order chi connectivity index (χ1) is 14.1. The van der Waals surface area contributed by atoms with Crippen LogP contribution in [0.3, 0.4) is 0 Å². The lowest BCUT2D eigenvalue weighted by atomic mass is 9.89. The van der Waals surface area contributed by atoms with Crippen molar-refractivity contribution in [1.29, 1.82) is 0 Å². The molecule has 1 unspecified atom stereocenters. The van der Waals surface area contributed by atoms with Crippen LogP contribution in [0.4, 0.5) is 5.69 Å². The molecule has 2 aliphatic rings. The van der Waals surface area contributed by atoms with Crippen LogP contribution < -0.4 is 10.1 Å². The molecular formula is C22H26N4O3. The van der Waals surface area contributed by atoms with Crippen molar-refractivity contribution in [3.8, 4) is 5.75 Å². The molecule has 0 radical (unpaired) electrons. The molecule has 2 aliphatic heterocycles. The maximum atomic E-state index is 13.4. The van der Waals surface area contributed by atoms with Crippen LogP contribution in [-0.2, 0) is 16.1 Å². The van der Waals surface area contributed by atoms with E-state index in [0.29, 0.717) is 24.5 Å². The fourth-order valence-electron chi connectivity index (χ4n) is 4.10. The number of hydrogen-bond acceptors (Lipinski definition) is 5. The van der Waals surface area contributed by atoms with Gasteiger partial charge in [0.1, 0.15) is 5.75 Å². The van der Waals surface area contributed by atoms with E-state index in [4.69, 9.17) is 4.74 Å². The van der Waals surface area contributed by atoms with Crippen molar-refractivity contribution >= 4 is 17.5 Å². The molecule has 0 saturated carbocycles. The van der Waals surface area contributed by atoms with E-state index >= 15 is 0 Å². The van der Waals surface area contributed by atoms with Crippen molar-refractivity contribution in [2.24, 2.45) is 0 Å². The summed E-state index contributed by atoms with van der Waals surface area (Å²) in [5, 5.41) is 2.87. The molecule has 1 aromatic heterocycles. The average molecular weight is 394 g/mol. The average Bonchev–Trinajstić information content (AvgIpc) is 2.98. The molecule has 152 valence electrons. The Kier molecular flexibility index (Phi) is 5.76. The van der Waals surface area contributed by atoms with Gasteiger partial charge in [0.25, 0.3) is 0 Å². The van der Waals surface area contributed by atoms with Crippen molar-refractivity contribution in [2.75, 3.05) is 38.6 Å². The van der Waals surface area contributed by atoms with Crippen molar-refractivity contribution < 1.29 is 14.3 Å². The van der Waals surface area contributed by atoms with Gasteiger partial charge in [0.2, 0.25) is 11.8 Å². The molecule has 0 spiro atoms. The quantitative estimate of drug-likeness (QED) is 0.861. The van der Waals surface area contributed by atoms with E-state index in [1.165, 1.54) is 5.56 Å². The Morgan fingerprint density at radius 3 is 2.79 bits per heavy atom. The Morgan fingerprint density at radius 1 is 1.17 bits per heavy atom. The number of hydrogen-bond donors (Lipinski definition) is 1. The lowest BCUT2D eigenvalue weighted by Crippen LogP contribution is -2.40. The van der Waals surface area contributed by atoms with Gasteiger partial charge in [0.05, 0.1) is 13.0 Å². The minimum atomic E-state index is -0.458. The Morgan fingerprint density at radius 2 is 2.00 bits per heavy atom. The number of carbonyl (C=O) groups is 2. The molecule has 1 atom stereocenters. The molecule has 7 heteroatoms. The van der Waals surface area contributed by atoms with E-state index < -0.39 is 5.92 Å². The van der Waals surface area contributed by atoms with Crippen LogP contribution in [0.1, 0.15) is 29.9 Å². The summed E-state index contributed by atoms with van der Waals surface area (Å²) in [6, 6.07) is 9.53. The van der Waals surface area contributed by atoms with E-state index in [9.17, 15) is 9.59 Å². The van der Waals surface area contributed by atoms with Gasteiger partial charge in [-0.05, 0) is 47.9 Å². The van der Waals surface area contributed by atoms with E-state index in [1.807, 2.05) is 41.6 Å². The predicted molar refractivity (Wildman–Crippen MR) is 110 cm³/mol. The number of nitrogens with zero attached hydrogens (tertiary/aromatic N) is 3. The highest BCUT2D eigenvalue weighted by atomic mass is 16.5. The molecule has 0 aliphatic carbocycles. The Balaban J connectivity index is 1.46. The highest BCUT2D eigenvalue weighted by molar-refractivity contribution is 6.01. The molecule has 1 saturated heterocycles. The maximum absolute atomic E-state index is 13.4. The second-order valence-corrected chi connectivity index (χ2v) is 7.57. The summed E-state index contributed by atoms with van der Waals surface area (Å²) in [6.07, 6.45) is 4.71. The van der Waals surface area contributed by atoms with Crippen LogP contribution >= 0.6 is 0 Å². The van der Waals surface area contributed by atoms with E-state index in [1.54, 1.807) is 13.2 Å². The van der Waals surface area contributed by atoms with Gasteiger partial charge in [-0.1, -0.05) is 0 Å². The van der Waals surface area contributed by atoms with Crippen LogP contribution in [0, 0.1) is 0 Å². The summed E-state index contributed by atoms with van der Waals surface area (Å²) >= 11 is 0. The van der Waals surface area contributed by atoms with E-state index in [2.05, 4.69) is 15.2 Å². The van der Waals surface area contributed by atoms with Crippen LogP contribution in [0.5, 0.6) is 5.75 Å². The predicted octanol–water partition coefficient (Wildman–Crippen LogP) is 2.25. The third-order valence-electron chi connectivity index (χ3n) is 5.65. The van der Waals surface area contributed by atoms with Crippen LogP contribution in [-0.4, -0.2) is 59.9 Å². The number of anilines is 1. The SMILES string of the molecule is COc1ccc2c(c1)C(C(=O)N1CCCN(Cc3ccncc3)CC1)CC(=O)N2. The number of pyridine rings is 1. The largest absolute Gasteiger partial charge is 0.497 e. The Hall–Kier alpha value is -2.93. The summed E-state index contributed by atoms with van der Waals surface area (Å²) in [5.74, 6) is 0.146. The summed E-state index contributed by atoms with van der Waals surface area (Å²) in [5.41, 5.74) is 2.77.